The Kier molecular flexibility index (Phi) is 5.46. The molecule has 132 valence electrons. The summed E-state index contributed by atoms with van der Waals surface area (Å²) in [5, 5.41) is 2.59. The number of carbonyl (C=O) groups is 2. The number of hydrogen-bond acceptors (Lipinski definition) is 2. The monoisotopic (exact) mass is 350 g/mol. The lowest BCUT2D eigenvalue weighted by molar-refractivity contribution is -0.137. The molecule has 0 aliphatic heterocycles. The van der Waals surface area contributed by atoms with Crippen LogP contribution >= 0.6 is 0 Å². The molecule has 2 amide bonds. The van der Waals surface area contributed by atoms with Crippen molar-refractivity contribution in [3.8, 4) is 0 Å². The molecule has 0 fully saturated rings. The van der Waals surface area contributed by atoms with Crippen molar-refractivity contribution in [2.75, 3.05) is 19.4 Å². The lowest BCUT2D eigenvalue weighted by Crippen LogP contribution is -2.22. The number of anilines is 1. The molecule has 1 N–H and O–H groups in total. The van der Waals surface area contributed by atoms with Gasteiger partial charge in [-0.3, -0.25) is 9.59 Å². The molecule has 25 heavy (non-hydrogen) atoms. The molecule has 2 aromatic carbocycles. The second-order valence-electron chi connectivity index (χ2n) is 5.70. The summed E-state index contributed by atoms with van der Waals surface area (Å²) in [6.45, 7) is 0. The van der Waals surface area contributed by atoms with Crippen LogP contribution < -0.4 is 5.32 Å². The Labute approximate surface area is 143 Å². The number of nitrogens with one attached hydrogen (secondary N) is 1. The minimum absolute atomic E-state index is 0.199. The van der Waals surface area contributed by atoms with Crippen LogP contribution in [0.1, 0.15) is 21.5 Å². The average Bonchev–Trinajstić information content (AvgIpc) is 2.53. The topological polar surface area (TPSA) is 49.4 Å². The summed E-state index contributed by atoms with van der Waals surface area (Å²) < 4.78 is 38.1. The molecule has 0 spiro atoms. The van der Waals surface area contributed by atoms with Gasteiger partial charge in [-0.2, -0.15) is 13.2 Å². The van der Waals surface area contributed by atoms with Crippen molar-refractivity contribution in [2.24, 2.45) is 0 Å². The molecule has 0 saturated heterocycles. The van der Waals surface area contributed by atoms with Crippen molar-refractivity contribution in [2.45, 2.75) is 12.6 Å². The molecule has 2 rings (SSSR count). The fourth-order valence-electron chi connectivity index (χ4n) is 2.24. The van der Waals surface area contributed by atoms with E-state index < -0.39 is 17.6 Å². The minimum Gasteiger partial charge on any atom is -0.345 e. The summed E-state index contributed by atoms with van der Waals surface area (Å²) in [7, 11) is 3.22. The molecule has 0 bridgehead atoms. The molecule has 4 nitrogen and oxygen atoms in total. The van der Waals surface area contributed by atoms with E-state index in [9.17, 15) is 22.8 Å². The summed E-state index contributed by atoms with van der Waals surface area (Å²) in [6.07, 6.45) is -4.65. The molecule has 0 unspecified atom stereocenters. The van der Waals surface area contributed by atoms with Crippen LogP contribution in [-0.2, 0) is 17.4 Å². The van der Waals surface area contributed by atoms with E-state index in [-0.39, 0.29) is 17.9 Å². The molecule has 0 aliphatic rings. The smallest absolute Gasteiger partial charge is 0.345 e. The van der Waals surface area contributed by atoms with E-state index in [0.717, 1.165) is 12.1 Å². The number of hydrogen-bond donors (Lipinski definition) is 1. The van der Waals surface area contributed by atoms with Gasteiger partial charge in [0.1, 0.15) is 0 Å². The highest BCUT2D eigenvalue weighted by Gasteiger charge is 2.30. The minimum atomic E-state index is -4.45. The number of halogens is 3. The zero-order chi connectivity index (χ0) is 18.6. The Balaban J connectivity index is 2.08. The number of benzene rings is 2. The van der Waals surface area contributed by atoms with Gasteiger partial charge in [0.25, 0.3) is 5.91 Å². The second-order valence-corrected chi connectivity index (χ2v) is 5.70. The van der Waals surface area contributed by atoms with Gasteiger partial charge in [0.05, 0.1) is 12.0 Å². The summed E-state index contributed by atoms with van der Waals surface area (Å²) in [5.74, 6) is -0.678. The van der Waals surface area contributed by atoms with Gasteiger partial charge < -0.3 is 10.2 Å². The maximum atomic E-state index is 12.7. The number of alkyl halides is 3. The molecular weight excluding hydrogens is 333 g/mol. The van der Waals surface area contributed by atoms with Gasteiger partial charge in [0, 0.05) is 25.3 Å². The summed E-state index contributed by atoms with van der Waals surface area (Å²) in [5.41, 5.74) is 0.274. The largest absolute Gasteiger partial charge is 0.416 e. The molecule has 2 aromatic rings. The van der Waals surface area contributed by atoms with E-state index in [0.29, 0.717) is 11.3 Å². The Morgan fingerprint density at radius 3 is 2.36 bits per heavy atom. The molecule has 0 atom stereocenters. The first kappa shape index (κ1) is 18.5. The third kappa shape index (κ3) is 5.07. The Hall–Kier alpha value is -2.83. The Morgan fingerprint density at radius 2 is 1.72 bits per heavy atom. The third-order valence-electron chi connectivity index (χ3n) is 3.42. The van der Waals surface area contributed by atoms with E-state index >= 15 is 0 Å². The van der Waals surface area contributed by atoms with Crippen LogP contribution in [0.5, 0.6) is 0 Å². The van der Waals surface area contributed by atoms with Crippen molar-refractivity contribution >= 4 is 17.5 Å². The Morgan fingerprint density at radius 1 is 1.04 bits per heavy atom. The second kappa shape index (κ2) is 7.38. The van der Waals surface area contributed by atoms with Crippen molar-refractivity contribution in [3.63, 3.8) is 0 Å². The predicted molar refractivity (Wildman–Crippen MR) is 88.2 cm³/mol. The maximum Gasteiger partial charge on any atom is 0.416 e. The van der Waals surface area contributed by atoms with Crippen molar-refractivity contribution in [1.29, 1.82) is 0 Å². The average molecular weight is 350 g/mol. The first-order chi connectivity index (χ1) is 11.7. The zero-order valence-corrected chi connectivity index (χ0v) is 13.7. The van der Waals surface area contributed by atoms with Gasteiger partial charge in [0.15, 0.2) is 0 Å². The molecular formula is C18H17F3N2O2. The molecule has 0 aromatic heterocycles. The van der Waals surface area contributed by atoms with Gasteiger partial charge in [-0.25, -0.2) is 0 Å². The highest BCUT2D eigenvalue weighted by atomic mass is 19.4. The first-order valence-electron chi connectivity index (χ1n) is 7.44. The van der Waals surface area contributed by atoms with Crippen LogP contribution in [0.2, 0.25) is 0 Å². The first-order valence-corrected chi connectivity index (χ1v) is 7.44. The van der Waals surface area contributed by atoms with E-state index in [2.05, 4.69) is 5.32 Å². The van der Waals surface area contributed by atoms with Crippen LogP contribution in [0.4, 0.5) is 18.9 Å². The van der Waals surface area contributed by atoms with E-state index in [4.69, 9.17) is 0 Å². The van der Waals surface area contributed by atoms with E-state index in [1.54, 1.807) is 32.3 Å². The highest BCUT2D eigenvalue weighted by molar-refractivity contribution is 5.97. The number of amides is 2. The van der Waals surface area contributed by atoms with Crippen LogP contribution in [-0.4, -0.2) is 30.8 Å². The van der Waals surface area contributed by atoms with Gasteiger partial charge in [-0.15, -0.1) is 0 Å². The summed E-state index contributed by atoms with van der Waals surface area (Å²) in [4.78, 5) is 25.4. The van der Waals surface area contributed by atoms with E-state index in [1.807, 2.05) is 0 Å². The molecule has 0 saturated carbocycles. The lowest BCUT2D eigenvalue weighted by atomic mass is 10.1. The normalized spacial score (nSPS) is 11.1. The predicted octanol–water partition coefficient (Wildman–Crippen LogP) is 3.59. The standard InChI is InChI=1S/C18H17F3N2O2/c1-23(2)17(25)13-6-4-8-15(11-13)22-16(24)10-12-5-3-7-14(9-12)18(19,20)21/h3-9,11H,10H2,1-2H3,(H,22,24). The maximum absolute atomic E-state index is 12.7. The lowest BCUT2D eigenvalue weighted by Gasteiger charge is -2.12. The van der Waals surface area contributed by atoms with Crippen LogP contribution in [0, 0.1) is 0 Å². The summed E-state index contributed by atoms with van der Waals surface area (Å²) >= 11 is 0. The quantitative estimate of drug-likeness (QED) is 0.916. The van der Waals surface area contributed by atoms with Gasteiger partial charge in [-0.1, -0.05) is 24.3 Å². The Bertz CT molecular complexity index is 786. The van der Waals surface area contributed by atoms with Crippen LogP contribution in [0.15, 0.2) is 48.5 Å². The van der Waals surface area contributed by atoms with Crippen molar-refractivity contribution in [3.05, 3.63) is 65.2 Å². The van der Waals surface area contributed by atoms with Gasteiger partial charge >= 0.3 is 6.18 Å². The molecule has 0 radical (unpaired) electrons. The summed E-state index contributed by atoms with van der Waals surface area (Å²) in [6, 6.07) is 11.0. The highest BCUT2D eigenvalue weighted by Crippen LogP contribution is 2.29. The van der Waals surface area contributed by atoms with Crippen molar-refractivity contribution < 1.29 is 22.8 Å². The van der Waals surface area contributed by atoms with Crippen molar-refractivity contribution in [1.82, 2.24) is 4.90 Å². The number of rotatable bonds is 4. The fraction of sp³-hybridized carbons (Fsp3) is 0.222. The molecule has 7 heteroatoms. The SMILES string of the molecule is CN(C)C(=O)c1cccc(NC(=O)Cc2cccc(C(F)(F)F)c2)c1. The molecule has 0 heterocycles. The third-order valence-corrected chi connectivity index (χ3v) is 3.42. The van der Waals surface area contributed by atoms with Crippen LogP contribution in [0.3, 0.4) is 0 Å². The number of carbonyl (C=O) groups excluding carboxylic acids is 2. The fourth-order valence-corrected chi connectivity index (χ4v) is 2.24. The molecule has 0 aliphatic carbocycles. The van der Waals surface area contributed by atoms with E-state index in [1.165, 1.54) is 23.1 Å². The number of nitrogens with zero attached hydrogens (tertiary/aromatic N) is 1. The van der Waals surface area contributed by atoms with Gasteiger partial charge in [0.2, 0.25) is 5.91 Å². The van der Waals surface area contributed by atoms with Crippen LogP contribution in [0.25, 0.3) is 0 Å². The van der Waals surface area contributed by atoms with Gasteiger partial charge in [-0.05, 0) is 29.8 Å². The zero-order valence-electron chi connectivity index (χ0n) is 13.7.